The van der Waals surface area contributed by atoms with Crippen molar-refractivity contribution in [1.29, 1.82) is 0 Å². The van der Waals surface area contributed by atoms with Gasteiger partial charge in [0.2, 0.25) is 0 Å². The van der Waals surface area contributed by atoms with E-state index in [2.05, 4.69) is 10.3 Å². The summed E-state index contributed by atoms with van der Waals surface area (Å²) >= 11 is 6.09. The third kappa shape index (κ3) is 4.14. The first-order chi connectivity index (χ1) is 13.1. The van der Waals surface area contributed by atoms with Gasteiger partial charge in [-0.25, -0.2) is 9.97 Å². The lowest BCUT2D eigenvalue weighted by Gasteiger charge is -2.30. The third-order valence-electron chi connectivity index (χ3n) is 5.06. The fourth-order valence-electron chi connectivity index (χ4n) is 3.65. The zero-order valence-corrected chi connectivity index (χ0v) is 15.7. The summed E-state index contributed by atoms with van der Waals surface area (Å²) in [5, 5.41) is 24.6. The highest BCUT2D eigenvalue weighted by Crippen LogP contribution is 2.23. The maximum Gasteiger partial charge on any atom is 0.160 e. The number of rotatable bonds is 5. The van der Waals surface area contributed by atoms with Crippen molar-refractivity contribution >= 4 is 22.8 Å². The number of halogens is 1. The van der Waals surface area contributed by atoms with Gasteiger partial charge in [-0.15, -0.1) is 0 Å². The molecule has 3 aromatic rings. The number of imidazole rings is 1. The summed E-state index contributed by atoms with van der Waals surface area (Å²) in [7, 11) is 0. The average Bonchev–Trinajstić information content (AvgIpc) is 3.06. The number of piperidine rings is 1. The van der Waals surface area contributed by atoms with E-state index in [0.29, 0.717) is 18.0 Å². The highest BCUT2D eigenvalue weighted by atomic mass is 35.5. The highest BCUT2D eigenvalue weighted by molar-refractivity contribution is 6.30. The molecule has 0 saturated carbocycles. The normalized spacial score (nSPS) is 21.4. The zero-order chi connectivity index (χ0) is 18.8. The molecule has 0 amide bonds. The Morgan fingerprint density at radius 3 is 3.00 bits per heavy atom. The number of nitrogens with zero attached hydrogens (tertiary/aromatic N) is 3. The summed E-state index contributed by atoms with van der Waals surface area (Å²) in [5.41, 5.74) is 3.25. The number of nitrogens with one attached hydrogen (secondary N) is 1. The van der Waals surface area contributed by atoms with E-state index in [1.165, 1.54) is 0 Å². The Hall–Kier alpha value is -1.99. The quantitative estimate of drug-likeness (QED) is 0.627. The van der Waals surface area contributed by atoms with Gasteiger partial charge in [-0.05, 0) is 50.1 Å². The first-order valence-corrected chi connectivity index (χ1v) is 9.65. The van der Waals surface area contributed by atoms with Crippen LogP contribution in [0.25, 0.3) is 22.4 Å². The van der Waals surface area contributed by atoms with Gasteiger partial charge in [-0.3, -0.25) is 0 Å². The molecule has 3 heterocycles. The fourth-order valence-corrected chi connectivity index (χ4v) is 3.84. The van der Waals surface area contributed by atoms with E-state index < -0.39 is 12.2 Å². The summed E-state index contributed by atoms with van der Waals surface area (Å²) in [4.78, 5) is 9.11. The largest absolute Gasteiger partial charge is 0.392 e. The molecule has 3 unspecified atom stereocenters. The van der Waals surface area contributed by atoms with E-state index in [1.54, 1.807) is 6.33 Å². The molecule has 0 spiro atoms. The lowest BCUT2D eigenvalue weighted by Crippen LogP contribution is -2.46. The minimum Gasteiger partial charge on any atom is -0.392 e. The molecule has 27 heavy (non-hydrogen) atoms. The van der Waals surface area contributed by atoms with Crippen molar-refractivity contribution in [2.24, 2.45) is 0 Å². The van der Waals surface area contributed by atoms with Gasteiger partial charge in [-0.2, -0.15) is 0 Å². The Morgan fingerprint density at radius 1 is 1.30 bits per heavy atom. The molecule has 3 atom stereocenters. The van der Waals surface area contributed by atoms with Gasteiger partial charge in [0.25, 0.3) is 0 Å². The van der Waals surface area contributed by atoms with Gasteiger partial charge < -0.3 is 20.1 Å². The number of aliphatic hydroxyl groups excluding tert-OH is 2. The van der Waals surface area contributed by atoms with Crippen LogP contribution >= 0.6 is 11.6 Å². The van der Waals surface area contributed by atoms with Crippen molar-refractivity contribution < 1.29 is 10.2 Å². The summed E-state index contributed by atoms with van der Waals surface area (Å²) in [6, 6.07) is 11.3. The van der Waals surface area contributed by atoms with Crippen LogP contribution in [0.3, 0.4) is 0 Å². The van der Waals surface area contributed by atoms with Crippen LogP contribution in [0.5, 0.6) is 0 Å². The van der Waals surface area contributed by atoms with E-state index in [-0.39, 0.29) is 6.04 Å². The van der Waals surface area contributed by atoms with E-state index in [1.807, 2.05) is 41.0 Å². The van der Waals surface area contributed by atoms with Crippen LogP contribution in [0.4, 0.5) is 0 Å². The molecular weight excluding hydrogens is 364 g/mol. The topological polar surface area (TPSA) is 83.2 Å². The van der Waals surface area contributed by atoms with Crippen molar-refractivity contribution in [3.05, 3.63) is 47.7 Å². The van der Waals surface area contributed by atoms with E-state index in [0.717, 1.165) is 41.8 Å². The zero-order valence-electron chi connectivity index (χ0n) is 14.9. The molecule has 1 saturated heterocycles. The maximum absolute atomic E-state index is 10.5. The number of fused-ring (bicyclic) bond motifs is 1. The monoisotopic (exact) mass is 386 g/mol. The minimum atomic E-state index is -0.593. The van der Waals surface area contributed by atoms with Crippen molar-refractivity contribution in [3.8, 4) is 11.3 Å². The number of aliphatic hydroxyl groups is 2. The minimum absolute atomic E-state index is 0.0708. The molecule has 142 valence electrons. The van der Waals surface area contributed by atoms with Crippen molar-refractivity contribution in [3.63, 3.8) is 0 Å². The molecule has 0 bridgehead atoms. The van der Waals surface area contributed by atoms with Crippen LogP contribution in [0.15, 0.2) is 42.7 Å². The van der Waals surface area contributed by atoms with Crippen LogP contribution in [0.1, 0.15) is 19.3 Å². The predicted octanol–water partition coefficient (Wildman–Crippen LogP) is 2.62. The number of benzene rings is 1. The van der Waals surface area contributed by atoms with Crippen LogP contribution in [-0.4, -0.2) is 49.5 Å². The molecule has 1 fully saturated rings. The van der Waals surface area contributed by atoms with Crippen molar-refractivity contribution in [2.75, 3.05) is 6.54 Å². The molecule has 2 aromatic heterocycles. The number of pyridine rings is 1. The first-order valence-electron chi connectivity index (χ1n) is 9.27. The summed E-state index contributed by atoms with van der Waals surface area (Å²) in [6.45, 7) is 1.26. The number of aromatic nitrogens is 3. The Balaban J connectivity index is 1.54. The van der Waals surface area contributed by atoms with Crippen LogP contribution in [0, 0.1) is 0 Å². The van der Waals surface area contributed by atoms with Gasteiger partial charge in [0.05, 0.1) is 30.8 Å². The van der Waals surface area contributed by atoms with Crippen molar-refractivity contribution in [1.82, 2.24) is 19.9 Å². The Bertz CT molecular complexity index is 929. The molecule has 1 aromatic carbocycles. The second-order valence-electron chi connectivity index (χ2n) is 7.11. The SMILES string of the molecule is OC(CC1NCCCC1O)Cn1cnc2ccc(-c3cccc(Cl)c3)nc21. The highest BCUT2D eigenvalue weighted by Gasteiger charge is 2.25. The number of hydrogen-bond acceptors (Lipinski definition) is 5. The van der Waals surface area contributed by atoms with Crippen molar-refractivity contribution in [2.45, 2.75) is 44.1 Å². The van der Waals surface area contributed by atoms with Gasteiger partial charge in [0, 0.05) is 16.6 Å². The second kappa shape index (κ2) is 7.94. The molecule has 1 aliphatic heterocycles. The molecule has 0 radical (unpaired) electrons. The lowest BCUT2D eigenvalue weighted by atomic mass is 9.96. The third-order valence-corrected chi connectivity index (χ3v) is 5.30. The van der Waals surface area contributed by atoms with Gasteiger partial charge in [-0.1, -0.05) is 23.7 Å². The summed E-state index contributed by atoms with van der Waals surface area (Å²) < 4.78 is 1.86. The van der Waals surface area contributed by atoms with Crippen LogP contribution < -0.4 is 5.32 Å². The summed E-state index contributed by atoms with van der Waals surface area (Å²) in [6.07, 6.45) is 2.95. The van der Waals surface area contributed by atoms with E-state index in [9.17, 15) is 10.2 Å². The van der Waals surface area contributed by atoms with Gasteiger partial charge in [0.1, 0.15) is 5.52 Å². The Labute approximate surface area is 162 Å². The fraction of sp³-hybridized carbons (Fsp3) is 0.400. The predicted molar refractivity (Wildman–Crippen MR) is 106 cm³/mol. The van der Waals surface area contributed by atoms with E-state index >= 15 is 0 Å². The molecule has 3 N–H and O–H groups in total. The van der Waals surface area contributed by atoms with Gasteiger partial charge >= 0.3 is 0 Å². The molecule has 0 aliphatic carbocycles. The number of hydrogen-bond donors (Lipinski definition) is 3. The Kier molecular flexibility index (Phi) is 5.41. The lowest BCUT2D eigenvalue weighted by molar-refractivity contribution is 0.0546. The smallest absolute Gasteiger partial charge is 0.160 e. The second-order valence-corrected chi connectivity index (χ2v) is 7.54. The Morgan fingerprint density at radius 2 is 2.19 bits per heavy atom. The van der Waals surface area contributed by atoms with E-state index in [4.69, 9.17) is 16.6 Å². The molecule has 1 aliphatic rings. The van der Waals surface area contributed by atoms with Crippen LogP contribution in [-0.2, 0) is 6.54 Å². The standard InChI is InChI=1S/C20H23ClN4O2/c21-14-4-1-3-13(9-14)16-6-7-17-20(24-16)25(12-23-17)11-15(26)10-18-19(27)5-2-8-22-18/h1,3-4,6-7,9,12,15,18-19,22,26-27H,2,5,8,10-11H2. The molecule has 4 rings (SSSR count). The van der Waals surface area contributed by atoms with Crippen LogP contribution in [0.2, 0.25) is 5.02 Å². The molecule has 6 nitrogen and oxygen atoms in total. The summed E-state index contributed by atoms with van der Waals surface area (Å²) in [5.74, 6) is 0. The average molecular weight is 387 g/mol. The molecule has 7 heteroatoms. The molecular formula is C20H23ClN4O2. The maximum atomic E-state index is 10.5. The first kappa shape index (κ1) is 18.4. The van der Waals surface area contributed by atoms with Gasteiger partial charge in [0.15, 0.2) is 5.65 Å².